The van der Waals surface area contributed by atoms with Gasteiger partial charge in [-0.05, 0) is 61.1 Å². The first kappa shape index (κ1) is 15.1. The van der Waals surface area contributed by atoms with Crippen molar-refractivity contribution in [2.45, 2.75) is 32.1 Å². The number of benzene rings is 1. The lowest BCUT2D eigenvalue weighted by Crippen LogP contribution is -1.99. The van der Waals surface area contributed by atoms with Crippen molar-refractivity contribution in [1.29, 1.82) is 0 Å². The summed E-state index contributed by atoms with van der Waals surface area (Å²) in [6.45, 7) is 2.25. The first-order valence-electron chi connectivity index (χ1n) is 8.21. The highest BCUT2D eigenvalue weighted by Crippen LogP contribution is 2.23. The maximum atomic E-state index is 4.78. The molecule has 0 amide bonds. The molecule has 3 aromatic heterocycles. The third-order valence-electron chi connectivity index (χ3n) is 4.44. The zero-order valence-corrected chi connectivity index (χ0v) is 14.3. The molecule has 4 nitrogen and oxygen atoms in total. The molecule has 1 unspecified atom stereocenters. The maximum Gasteiger partial charge on any atom is 0.105 e. The first-order chi connectivity index (χ1) is 11.8. The zero-order valence-electron chi connectivity index (χ0n) is 13.5. The lowest BCUT2D eigenvalue weighted by atomic mass is 9.97. The van der Waals surface area contributed by atoms with Gasteiger partial charge in [-0.25, -0.2) is 0 Å². The molecule has 0 spiro atoms. The largest absolute Gasteiger partial charge is 0.264 e. The van der Waals surface area contributed by atoms with E-state index in [1.165, 1.54) is 17.3 Å². The van der Waals surface area contributed by atoms with Crippen molar-refractivity contribution >= 4 is 33.7 Å². The molecule has 120 valence electrons. The summed E-state index contributed by atoms with van der Waals surface area (Å²) in [7, 11) is 0. The van der Waals surface area contributed by atoms with Gasteiger partial charge >= 0.3 is 0 Å². The van der Waals surface area contributed by atoms with Crippen LogP contribution in [0.15, 0.2) is 48.8 Å². The number of hydrogen-bond acceptors (Lipinski definition) is 5. The van der Waals surface area contributed by atoms with Crippen LogP contribution in [-0.4, -0.2) is 18.7 Å². The second-order valence-electron chi connectivity index (χ2n) is 6.19. The van der Waals surface area contributed by atoms with E-state index in [2.05, 4.69) is 51.0 Å². The number of hydrogen-bond donors (Lipinski definition) is 0. The van der Waals surface area contributed by atoms with Crippen molar-refractivity contribution in [2.24, 2.45) is 0 Å². The lowest BCUT2D eigenvalue weighted by Gasteiger charge is -2.11. The molecule has 0 bridgehead atoms. The molecule has 0 N–H and O–H groups in total. The van der Waals surface area contributed by atoms with E-state index in [1.807, 2.05) is 12.3 Å². The minimum absolute atomic E-state index is 0.451. The summed E-state index contributed by atoms with van der Waals surface area (Å²) in [6.07, 6.45) is 6.99. The Kier molecular flexibility index (Phi) is 4.17. The molecule has 0 saturated carbocycles. The van der Waals surface area contributed by atoms with Gasteiger partial charge < -0.3 is 0 Å². The monoisotopic (exact) mass is 334 g/mol. The molecule has 1 aromatic carbocycles. The fourth-order valence-electron chi connectivity index (χ4n) is 3.00. The Bertz CT molecular complexity index is 979. The van der Waals surface area contributed by atoms with Gasteiger partial charge in [0.15, 0.2) is 0 Å². The number of aryl methyl sites for hydroxylation is 1. The maximum absolute atomic E-state index is 4.78. The van der Waals surface area contributed by atoms with Crippen molar-refractivity contribution in [3.63, 3.8) is 0 Å². The number of fused-ring (bicyclic) bond motifs is 2. The second-order valence-corrected chi connectivity index (χ2v) is 6.71. The zero-order chi connectivity index (χ0) is 16.4. The van der Waals surface area contributed by atoms with Crippen LogP contribution >= 0.6 is 11.7 Å². The van der Waals surface area contributed by atoms with Crippen molar-refractivity contribution in [3.05, 3.63) is 60.0 Å². The van der Waals surface area contributed by atoms with E-state index >= 15 is 0 Å². The molecule has 4 rings (SSSR count). The van der Waals surface area contributed by atoms with Gasteiger partial charge in [0.25, 0.3) is 0 Å². The molecular weight excluding hydrogens is 316 g/mol. The summed E-state index contributed by atoms with van der Waals surface area (Å²) >= 11 is 1.28. The average Bonchev–Trinajstić information content (AvgIpc) is 3.09. The normalized spacial score (nSPS) is 12.7. The molecule has 0 saturated heterocycles. The van der Waals surface area contributed by atoms with Crippen LogP contribution in [0, 0.1) is 0 Å². The van der Waals surface area contributed by atoms with Crippen LogP contribution in [0.1, 0.15) is 36.9 Å². The molecule has 0 fully saturated rings. The third kappa shape index (κ3) is 3.12. The first-order valence-corrected chi connectivity index (χ1v) is 8.94. The fraction of sp³-hybridized carbons (Fsp3) is 0.263. The third-order valence-corrected chi connectivity index (χ3v) is 4.99. The average molecular weight is 334 g/mol. The number of aromatic nitrogens is 4. The van der Waals surface area contributed by atoms with Crippen molar-refractivity contribution in [2.75, 3.05) is 0 Å². The summed E-state index contributed by atoms with van der Waals surface area (Å²) in [5, 5.41) is 1.10. The standard InChI is InChI=1S/C19H18N4S/c1-13(16-8-6-15-12-20-10-9-17(15)21-16)3-2-4-14-5-7-18-19(11-14)23-24-22-18/h5-13H,2-4H2,1H3. The minimum atomic E-state index is 0.451. The van der Waals surface area contributed by atoms with Gasteiger partial charge in [-0.3, -0.25) is 9.97 Å². The quantitative estimate of drug-likeness (QED) is 0.528. The Morgan fingerprint density at radius 2 is 1.92 bits per heavy atom. The van der Waals surface area contributed by atoms with E-state index in [-0.39, 0.29) is 0 Å². The summed E-state index contributed by atoms with van der Waals surface area (Å²) in [6, 6.07) is 12.6. The summed E-state index contributed by atoms with van der Waals surface area (Å²) in [4.78, 5) is 8.92. The van der Waals surface area contributed by atoms with Crippen LogP contribution in [0.3, 0.4) is 0 Å². The highest BCUT2D eigenvalue weighted by atomic mass is 32.1. The minimum Gasteiger partial charge on any atom is -0.264 e. The molecule has 4 aromatic rings. The van der Waals surface area contributed by atoms with E-state index < -0.39 is 0 Å². The summed E-state index contributed by atoms with van der Waals surface area (Å²) < 4.78 is 8.57. The molecule has 0 aliphatic heterocycles. The predicted molar refractivity (Wildman–Crippen MR) is 98.3 cm³/mol. The van der Waals surface area contributed by atoms with E-state index in [1.54, 1.807) is 6.20 Å². The van der Waals surface area contributed by atoms with Gasteiger partial charge in [0.1, 0.15) is 11.0 Å². The summed E-state index contributed by atoms with van der Waals surface area (Å²) in [5.41, 5.74) is 5.52. The predicted octanol–water partition coefficient (Wildman–Crippen LogP) is 4.76. The smallest absolute Gasteiger partial charge is 0.105 e. The van der Waals surface area contributed by atoms with Crippen LogP contribution in [0.5, 0.6) is 0 Å². The van der Waals surface area contributed by atoms with Crippen molar-refractivity contribution in [3.8, 4) is 0 Å². The van der Waals surface area contributed by atoms with Gasteiger partial charge in [0.05, 0.1) is 17.2 Å². The fourth-order valence-corrected chi connectivity index (χ4v) is 3.52. The SMILES string of the molecule is CC(CCCc1ccc2nsnc2c1)c1ccc2cnccc2n1. The highest BCUT2D eigenvalue weighted by Gasteiger charge is 2.08. The molecule has 0 aliphatic rings. The van der Waals surface area contributed by atoms with Crippen LogP contribution in [0.4, 0.5) is 0 Å². The summed E-state index contributed by atoms with van der Waals surface area (Å²) in [5.74, 6) is 0.451. The number of nitrogens with zero attached hydrogens (tertiary/aromatic N) is 4. The van der Waals surface area contributed by atoms with Gasteiger partial charge in [-0.15, -0.1) is 0 Å². The molecule has 3 heterocycles. The topological polar surface area (TPSA) is 51.6 Å². The molecular formula is C19H18N4S. The number of pyridine rings is 2. The molecule has 0 radical (unpaired) electrons. The molecule has 1 atom stereocenters. The Labute approximate surface area is 144 Å². The highest BCUT2D eigenvalue weighted by molar-refractivity contribution is 7.00. The Morgan fingerprint density at radius 1 is 1.00 bits per heavy atom. The van der Waals surface area contributed by atoms with Crippen LogP contribution in [0.25, 0.3) is 21.9 Å². The van der Waals surface area contributed by atoms with Crippen LogP contribution < -0.4 is 0 Å². The molecule has 0 aliphatic carbocycles. The Balaban J connectivity index is 1.40. The Hall–Kier alpha value is -2.40. The van der Waals surface area contributed by atoms with Gasteiger partial charge in [-0.1, -0.05) is 13.0 Å². The van der Waals surface area contributed by atoms with Crippen LogP contribution in [-0.2, 0) is 6.42 Å². The molecule has 5 heteroatoms. The second kappa shape index (κ2) is 6.61. The van der Waals surface area contributed by atoms with Crippen molar-refractivity contribution < 1.29 is 0 Å². The molecule has 24 heavy (non-hydrogen) atoms. The van der Waals surface area contributed by atoms with E-state index in [0.717, 1.165) is 46.9 Å². The Morgan fingerprint density at radius 3 is 2.88 bits per heavy atom. The number of rotatable bonds is 5. The van der Waals surface area contributed by atoms with Gasteiger partial charge in [0, 0.05) is 23.5 Å². The van der Waals surface area contributed by atoms with Crippen molar-refractivity contribution in [1.82, 2.24) is 18.7 Å². The lowest BCUT2D eigenvalue weighted by molar-refractivity contribution is 0.621. The van der Waals surface area contributed by atoms with Gasteiger partial charge in [-0.2, -0.15) is 8.75 Å². The van der Waals surface area contributed by atoms with E-state index in [0.29, 0.717) is 5.92 Å². The van der Waals surface area contributed by atoms with Gasteiger partial charge in [0.2, 0.25) is 0 Å². The van der Waals surface area contributed by atoms with E-state index in [4.69, 9.17) is 4.98 Å². The van der Waals surface area contributed by atoms with E-state index in [9.17, 15) is 0 Å². The van der Waals surface area contributed by atoms with Crippen LogP contribution in [0.2, 0.25) is 0 Å².